The number of rotatable bonds is 6. The van der Waals surface area contributed by atoms with Gasteiger partial charge in [0.2, 0.25) is 5.91 Å². The van der Waals surface area contributed by atoms with Gasteiger partial charge in [0.15, 0.2) is 11.6 Å². The molecule has 0 radical (unpaired) electrons. The molecule has 2 aromatic carbocycles. The minimum absolute atomic E-state index is 0.0193. The lowest BCUT2D eigenvalue weighted by molar-refractivity contribution is -0.131. The Morgan fingerprint density at radius 3 is 2.45 bits per heavy atom. The van der Waals surface area contributed by atoms with Crippen molar-refractivity contribution in [1.29, 1.82) is 0 Å². The van der Waals surface area contributed by atoms with Crippen molar-refractivity contribution in [3.63, 3.8) is 0 Å². The molecule has 0 saturated carbocycles. The SMILES string of the molecule is N[C@@H](CC(=O)N1CCCN(Cc2ccccc2)CC1)Cc1cc(F)c(F)cc1F. The molecule has 2 N–H and O–H groups in total. The Bertz CT molecular complexity index is 832. The molecule has 0 unspecified atom stereocenters. The number of nitrogens with two attached hydrogens (primary N) is 1. The lowest BCUT2D eigenvalue weighted by Gasteiger charge is -2.23. The number of carbonyl (C=O) groups is 1. The quantitative estimate of drug-likeness (QED) is 0.752. The second-order valence-corrected chi connectivity index (χ2v) is 7.52. The normalized spacial score (nSPS) is 16.5. The first-order valence-corrected chi connectivity index (χ1v) is 9.85. The van der Waals surface area contributed by atoms with Gasteiger partial charge < -0.3 is 10.6 Å². The monoisotopic (exact) mass is 405 g/mol. The van der Waals surface area contributed by atoms with Gasteiger partial charge in [-0.05, 0) is 30.0 Å². The molecule has 1 aliphatic heterocycles. The van der Waals surface area contributed by atoms with Gasteiger partial charge in [0, 0.05) is 51.3 Å². The van der Waals surface area contributed by atoms with Crippen LogP contribution >= 0.6 is 0 Å². The average Bonchev–Trinajstić information content (AvgIpc) is 2.92. The molecular formula is C22H26F3N3O. The summed E-state index contributed by atoms with van der Waals surface area (Å²) in [5.41, 5.74) is 7.22. The van der Waals surface area contributed by atoms with Crippen LogP contribution in [0.3, 0.4) is 0 Å². The van der Waals surface area contributed by atoms with Crippen molar-refractivity contribution < 1.29 is 18.0 Å². The van der Waals surface area contributed by atoms with E-state index in [9.17, 15) is 18.0 Å². The molecule has 0 spiro atoms. The predicted molar refractivity (Wildman–Crippen MR) is 106 cm³/mol. The van der Waals surface area contributed by atoms with Gasteiger partial charge in [0.25, 0.3) is 0 Å². The standard InChI is InChI=1S/C22H26F3N3O/c23-19-14-21(25)20(24)12-17(19)11-18(26)13-22(29)28-8-4-7-27(9-10-28)15-16-5-2-1-3-6-16/h1-3,5-6,12,14,18H,4,7-11,13,15,26H2/t18-/m1/s1. The molecule has 0 aliphatic carbocycles. The summed E-state index contributed by atoms with van der Waals surface area (Å²) >= 11 is 0. The van der Waals surface area contributed by atoms with E-state index in [1.807, 2.05) is 18.2 Å². The molecule has 1 heterocycles. The molecular weight excluding hydrogens is 379 g/mol. The van der Waals surface area contributed by atoms with Crippen molar-refractivity contribution in [2.24, 2.45) is 5.73 Å². The molecule has 4 nitrogen and oxygen atoms in total. The topological polar surface area (TPSA) is 49.6 Å². The minimum atomic E-state index is -1.24. The zero-order valence-electron chi connectivity index (χ0n) is 16.3. The van der Waals surface area contributed by atoms with Gasteiger partial charge in [-0.2, -0.15) is 0 Å². The molecule has 1 atom stereocenters. The predicted octanol–water partition coefficient (Wildman–Crippen LogP) is 3.10. The first kappa shape index (κ1) is 21.3. The van der Waals surface area contributed by atoms with Crippen molar-refractivity contribution in [3.05, 3.63) is 71.0 Å². The van der Waals surface area contributed by atoms with Crippen LogP contribution in [0.1, 0.15) is 24.0 Å². The molecule has 0 aromatic heterocycles. The Morgan fingerprint density at radius 1 is 0.966 bits per heavy atom. The second kappa shape index (κ2) is 9.89. The van der Waals surface area contributed by atoms with Crippen LogP contribution in [-0.2, 0) is 17.8 Å². The highest BCUT2D eigenvalue weighted by molar-refractivity contribution is 5.76. The Morgan fingerprint density at radius 2 is 1.69 bits per heavy atom. The number of halogens is 3. The maximum atomic E-state index is 13.8. The fourth-order valence-electron chi connectivity index (χ4n) is 3.65. The van der Waals surface area contributed by atoms with Crippen LogP contribution in [0.25, 0.3) is 0 Å². The highest BCUT2D eigenvalue weighted by Crippen LogP contribution is 2.16. The summed E-state index contributed by atoms with van der Waals surface area (Å²) in [6, 6.07) is 10.8. The van der Waals surface area contributed by atoms with Gasteiger partial charge in [0.05, 0.1) is 0 Å². The van der Waals surface area contributed by atoms with Gasteiger partial charge >= 0.3 is 0 Å². The zero-order valence-corrected chi connectivity index (χ0v) is 16.3. The van der Waals surface area contributed by atoms with Crippen LogP contribution in [0.4, 0.5) is 13.2 Å². The molecule has 156 valence electrons. The van der Waals surface area contributed by atoms with E-state index < -0.39 is 23.5 Å². The maximum absolute atomic E-state index is 13.8. The van der Waals surface area contributed by atoms with E-state index in [0.29, 0.717) is 19.2 Å². The van der Waals surface area contributed by atoms with E-state index in [1.165, 1.54) is 5.56 Å². The summed E-state index contributed by atoms with van der Waals surface area (Å²) in [5, 5.41) is 0. The first-order valence-electron chi connectivity index (χ1n) is 9.85. The Labute approximate surface area is 169 Å². The van der Waals surface area contributed by atoms with Crippen LogP contribution in [0.15, 0.2) is 42.5 Å². The number of benzene rings is 2. The van der Waals surface area contributed by atoms with Crippen LogP contribution in [0.5, 0.6) is 0 Å². The Kier molecular flexibility index (Phi) is 7.28. The van der Waals surface area contributed by atoms with Crippen molar-refractivity contribution in [2.75, 3.05) is 26.2 Å². The summed E-state index contributed by atoms with van der Waals surface area (Å²) in [6.45, 7) is 3.78. The molecule has 2 aromatic rings. The molecule has 3 rings (SSSR count). The third-order valence-corrected chi connectivity index (χ3v) is 5.20. The van der Waals surface area contributed by atoms with E-state index >= 15 is 0 Å². The number of carbonyl (C=O) groups excluding carboxylic acids is 1. The van der Waals surface area contributed by atoms with Crippen molar-refractivity contribution in [2.45, 2.75) is 31.8 Å². The minimum Gasteiger partial charge on any atom is -0.341 e. The van der Waals surface area contributed by atoms with E-state index in [4.69, 9.17) is 5.73 Å². The number of amides is 1. The molecule has 1 saturated heterocycles. The molecule has 1 aliphatic rings. The average molecular weight is 405 g/mol. The lowest BCUT2D eigenvalue weighted by atomic mass is 10.0. The van der Waals surface area contributed by atoms with Gasteiger partial charge in [-0.15, -0.1) is 0 Å². The van der Waals surface area contributed by atoms with E-state index in [0.717, 1.165) is 32.1 Å². The highest BCUT2D eigenvalue weighted by atomic mass is 19.2. The van der Waals surface area contributed by atoms with Crippen LogP contribution in [0, 0.1) is 17.5 Å². The third-order valence-electron chi connectivity index (χ3n) is 5.20. The number of nitrogens with zero attached hydrogens (tertiary/aromatic N) is 2. The summed E-state index contributed by atoms with van der Waals surface area (Å²) in [5.74, 6) is -3.30. The summed E-state index contributed by atoms with van der Waals surface area (Å²) in [6.07, 6.45) is 0.880. The number of hydrogen-bond acceptors (Lipinski definition) is 3. The smallest absolute Gasteiger partial charge is 0.224 e. The van der Waals surface area contributed by atoms with E-state index in [2.05, 4.69) is 17.0 Å². The molecule has 1 fully saturated rings. The zero-order chi connectivity index (χ0) is 20.8. The first-order chi connectivity index (χ1) is 13.9. The van der Waals surface area contributed by atoms with Gasteiger partial charge in [0.1, 0.15) is 5.82 Å². The third kappa shape index (κ3) is 6.05. The Hall–Kier alpha value is -2.38. The number of hydrogen-bond donors (Lipinski definition) is 1. The molecule has 0 bridgehead atoms. The van der Waals surface area contributed by atoms with Crippen molar-refractivity contribution >= 4 is 5.91 Å². The van der Waals surface area contributed by atoms with Gasteiger partial charge in [-0.1, -0.05) is 30.3 Å². The summed E-state index contributed by atoms with van der Waals surface area (Å²) in [7, 11) is 0. The van der Waals surface area contributed by atoms with Crippen molar-refractivity contribution in [3.8, 4) is 0 Å². The summed E-state index contributed by atoms with van der Waals surface area (Å²) < 4.78 is 40.2. The Balaban J connectivity index is 1.51. The fourth-order valence-corrected chi connectivity index (χ4v) is 3.65. The van der Waals surface area contributed by atoms with Gasteiger partial charge in [-0.25, -0.2) is 13.2 Å². The fraction of sp³-hybridized carbons (Fsp3) is 0.409. The van der Waals surface area contributed by atoms with E-state index in [-0.39, 0.29) is 24.3 Å². The van der Waals surface area contributed by atoms with Crippen LogP contribution in [0.2, 0.25) is 0 Å². The molecule has 29 heavy (non-hydrogen) atoms. The highest BCUT2D eigenvalue weighted by Gasteiger charge is 2.22. The van der Waals surface area contributed by atoms with Crippen LogP contribution < -0.4 is 5.73 Å². The maximum Gasteiger partial charge on any atom is 0.224 e. The second-order valence-electron chi connectivity index (χ2n) is 7.52. The lowest BCUT2D eigenvalue weighted by Crippen LogP contribution is -2.39. The largest absolute Gasteiger partial charge is 0.341 e. The van der Waals surface area contributed by atoms with Gasteiger partial charge in [-0.3, -0.25) is 9.69 Å². The van der Waals surface area contributed by atoms with Crippen LogP contribution in [-0.4, -0.2) is 47.9 Å². The molecule has 1 amide bonds. The van der Waals surface area contributed by atoms with Crippen molar-refractivity contribution in [1.82, 2.24) is 9.80 Å². The summed E-state index contributed by atoms with van der Waals surface area (Å²) in [4.78, 5) is 16.7. The van der Waals surface area contributed by atoms with E-state index in [1.54, 1.807) is 4.90 Å². The molecule has 7 heteroatoms.